The van der Waals surface area contributed by atoms with Crippen molar-refractivity contribution in [1.29, 1.82) is 0 Å². The van der Waals surface area contributed by atoms with Gasteiger partial charge in [0.25, 0.3) is 5.69 Å². The molecule has 2 atom stereocenters. The molecule has 0 aliphatic carbocycles. The Hall–Kier alpha value is -1.99. The van der Waals surface area contributed by atoms with Gasteiger partial charge in [-0.1, -0.05) is 12.1 Å². The molecule has 0 amide bonds. The van der Waals surface area contributed by atoms with Gasteiger partial charge in [-0.05, 0) is 13.0 Å². The van der Waals surface area contributed by atoms with Crippen molar-refractivity contribution in [1.82, 2.24) is 0 Å². The summed E-state index contributed by atoms with van der Waals surface area (Å²) in [7, 11) is 0. The molecule has 1 rings (SSSR count). The highest BCUT2D eigenvalue weighted by molar-refractivity contribution is 5.76. The molecule has 0 saturated heterocycles. The van der Waals surface area contributed by atoms with E-state index in [4.69, 9.17) is 5.73 Å². The Labute approximate surface area is 103 Å². The Morgan fingerprint density at radius 2 is 2.17 bits per heavy atom. The molecule has 0 aromatic heterocycles. The minimum atomic E-state index is -1.48. The topological polar surface area (TPSA) is 116 Å². The van der Waals surface area contributed by atoms with Crippen LogP contribution in [-0.4, -0.2) is 28.6 Å². The first-order valence-electron chi connectivity index (χ1n) is 5.32. The molecular formula is C11H14N2O5. The van der Waals surface area contributed by atoms with Crippen LogP contribution in [0.2, 0.25) is 0 Å². The van der Waals surface area contributed by atoms with E-state index < -0.39 is 23.0 Å². The van der Waals surface area contributed by atoms with E-state index in [0.29, 0.717) is 0 Å². The number of para-hydroxylation sites is 1. The molecule has 1 aromatic carbocycles. The van der Waals surface area contributed by atoms with E-state index in [1.54, 1.807) is 6.92 Å². The van der Waals surface area contributed by atoms with Crippen LogP contribution < -0.4 is 5.73 Å². The number of nitrogens with two attached hydrogens (primary N) is 1. The number of nitro benzene ring substituents is 1. The second-order valence-corrected chi connectivity index (χ2v) is 3.54. The molecule has 0 bridgehead atoms. The largest absolute Gasteiger partial charge is 0.465 e. The first-order valence-corrected chi connectivity index (χ1v) is 5.32. The molecule has 98 valence electrons. The Morgan fingerprint density at radius 3 is 2.72 bits per heavy atom. The predicted octanol–water partition coefficient (Wildman–Crippen LogP) is 0.519. The maximum Gasteiger partial charge on any atom is 0.325 e. The number of carbonyl (C=O) groups excluding carboxylic acids is 1. The normalized spacial score (nSPS) is 13.7. The molecule has 3 N–H and O–H groups in total. The molecule has 7 nitrogen and oxygen atoms in total. The molecule has 0 heterocycles. The molecule has 18 heavy (non-hydrogen) atoms. The lowest BCUT2D eigenvalue weighted by Crippen LogP contribution is -2.38. The second-order valence-electron chi connectivity index (χ2n) is 3.54. The van der Waals surface area contributed by atoms with Crippen LogP contribution in [-0.2, 0) is 9.53 Å². The van der Waals surface area contributed by atoms with Crippen molar-refractivity contribution in [3.8, 4) is 0 Å². The Morgan fingerprint density at radius 1 is 1.56 bits per heavy atom. The molecule has 0 saturated carbocycles. The van der Waals surface area contributed by atoms with Gasteiger partial charge in [-0.15, -0.1) is 0 Å². The molecular weight excluding hydrogens is 240 g/mol. The minimum Gasteiger partial charge on any atom is -0.465 e. The summed E-state index contributed by atoms with van der Waals surface area (Å²) in [6, 6.07) is 4.21. The summed E-state index contributed by atoms with van der Waals surface area (Å²) in [5.41, 5.74) is 5.20. The summed E-state index contributed by atoms with van der Waals surface area (Å²) in [6.45, 7) is 1.72. The van der Waals surface area contributed by atoms with Gasteiger partial charge in [-0.25, -0.2) is 0 Å². The first kappa shape index (κ1) is 14.1. The van der Waals surface area contributed by atoms with Gasteiger partial charge in [0.1, 0.15) is 12.1 Å². The van der Waals surface area contributed by atoms with Gasteiger partial charge in [-0.2, -0.15) is 0 Å². The van der Waals surface area contributed by atoms with Gasteiger partial charge in [0.15, 0.2) is 0 Å². The number of aliphatic hydroxyl groups is 1. The van der Waals surface area contributed by atoms with Crippen molar-refractivity contribution in [2.45, 2.75) is 19.1 Å². The highest BCUT2D eigenvalue weighted by atomic mass is 16.6. The number of hydrogen-bond donors (Lipinski definition) is 2. The monoisotopic (exact) mass is 254 g/mol. The van der Waals surface area contributed by atoms with Crippen LogP contribution in [0.25, 0.3) is 0 Å². The summed E-state index contributed by atoms with van der Waals surface area (Å²) in [5, 5.41) is 20.7. The third kappa shape index (κ3) is 3.02. The summed E-state index contributed by atoms with van der Waals surface area (Å²) >= 11 is 0. The quantitative estimate of drug-likeness (QED) is 0.449. The predicted molar refractivity (Wildman–Crippen MR) is 62.7 cm³/mol. The fourth-order valence-corrected chi connectivity index (χ4v) is 1.46. The van der Waals surface area contributed by atoms with Gasteiger partial charge < -0.3 is 15.6 Å². The maximum atomic E-state index is 11.4. The zero-order chi connectivity index (χ0) is 13.7. The fraction of sp³-hybridized carbons (Fsp3) is 0.364. The number of ether oxygens (including phenoxy) is 1. The lowest BCUT2D eigenvalue weighted by Gasteiger charge is -2.17. The van der Waals surface area contributed by atoms with Crippen molar-refractivity contribution in [3.63, 3.8) is 0 Å². The van der Waals surface area contributed by atoms with Crippen LogP contribution in [0.15, 0.2) is 24.3 Å². The van der Waals surface area contributed by atoms with Gasteiger partial charge in [0.2, 0.25) is 0 Å². The number of esters is 1. The molecule has 1 aromatic rings. The Bertz CT molecular complexity index is 449. The van der Waals surface area contributed by atoms with E-state index in [0.717, 1.165) is 0 Å². The van der Waals surface area contributed by atoms with Gasteiger partial charge in [0, 0.05) is 6.07 Å². The van der Waals surface area contributed by atoms with Crippen molar-refractivity contribution in [3.05, 3.63) is 39.9 Å². The third-order valence-electron chi connectivity index (χ3n) is 2.35. The average Bonchev–Trinajstić information content (AvgIpc) is 2.37. The number of nitro groups is 1. The van der Waals surface area contributed by atoms with Crippen LogP contribution in [0.3, 0.4) is 0 Å². The number of aliphatic hydroxyl groups excluding tert-OH is 1. The zero-order valence-corrected chi connectivity index (χ0v) is 9.78. The summed E-state index contributed by atoms with van der Waals surface area (Å²) < 4.78 is 4.65. The Kier molecular flexibility index (Phi) is 4.75. The summed E-state index contributed by atoms with van der Waals surface area (Å²) in [4.78, 5) is 21.5. The van der Waals surface area contributed by atoms with Crippen LogP contribution in [0, 0.1) is 10.1 Å². The number of benzene rings is 1. The number of hydrogen-bond acceptors (Lipinski definition) is 6. The third-order valence-corrected chi connectivity index (χ3v) is 2.35. The standard InChI is InChI=1S/C11H14N2O5/c1-2-18-11(15)9(12)10(14)7-5-3-4-6-8(7)13(16)17/h3-6,9-10,14H,2,12H2,1H3/t9-,10-/m1/s1. The van der Waals surface area contributed by atoms with Crippen LogP contribution in [0.5, 0.6) is 0 Å². The van der Waals surface area contributed by atoms with Gasteiger partial charge >= 0.3 is 5.97 Å². The number of rotatable bonds is 5. The SMILES string of the molecule is CCOC(=O)[C@H](N)[C@H](O)c1ccccc1[N+](=O)[O-]. The summed E-state index contributed by atoms with van der Waals surface area (Å²) in [5.74, 6) is -0.803. The molecule has 0 fully saturated rings. The minimum absolute atomic E-state index is 0.0111. The van der Waals surface area contributed by atoms with E-state index >= 15 is 0 Å². The second kappa shape index (κ2) is 6.08. The fourth-order valence-electron chi connectivity index (χ4n) is 1.46. The number of carbonyl (C=O) groups is 1. The van der Waals surface area contributed by atoms with E-state index in [9.17, 15) is 20.0 Å². The first-order chi connectivity index (χ1) is 8.49. The van der Waals surface area contributed by atoms with Crippen molar-refractivity contribution in [2.75, 3.05) is 6.61 Å². The molecule has 0 aliphatic rings. The van der Waals surface area contributed by atoms with E-state index in [1.165, 1.54) is 24.3 Å². The lowest BCUT2D eigenvalue weighted by atomic mass is 10.0. The highest BCUT2D eigenvalue weighted by Crippen LogP contribution is 2.26. The van der Waals surface area contributed by atoms with Crippen LogP contribution in [0.4, 0.5) is 5.69 Å². The molecule has 0 spiro atoms. The average molecular weight is 254 g/mol. The summed E-state index contributed by atoms with van der Waals surface area (Å²) in [6.07, 6.45) is -1.48. The smallest absolute Gasteiger partial charge is 0.325 e. The zero-order valence-electron chi connectivity index (χ0n) is 9.78. The van der Waals surface area contributed by atoms with Crippen LogP contribution >= 0.6 is 0 Å². The maximum absolute atomic E-state index is 11.4. The van der Waals surface area contributed by atoms with E-state index in [1.807, 2.05) is 0 Å². The van der Waals surface area contributed by atoms with Crippen molar-refractivity contribution >= 4 is 11.7 Å². The van der Waals surface area contributed by atoms with Crippen molar-refractivity contribution in [2.24, 2.45) is 5.73 Å². The highest BCUT2D eigenvalue weighted by Gasteiger charge is 2.30. The lowest BCUT2D eigenvalue weighted by molar-refractivity contribution is -0.386. The molecule has 0 unspecified atom stereocenters. The molecule has 7 heteroatoms. The molecule has 0 aliphatic heterocycles. The van der Waals surface area contributed by atoms with Crippen molar-refractivity contribution < 1.29 is 19.6 Å². The van der Waals surface area contributed by atoms with Gasteiger partial charge in [-0.3, -0.25) is 14.9 Å². The van der Waals surface area contributed by atoms with Gasteiger partial charge in [0.05, 0.1) is 17.1 Å². The van der Waals surface area contributed by atoms with E-state index in [-0.39, 0.29) is 17.9 Å². The Balaban J connectivity index is 2.99. The number of nitrogens with zero attached hydrogens (tertiary/aromatic N) is 1. The molecule has 0 radical (unpaired) electrons. The van der Waals surface area contributed by atoms with E-state index in [2.05, 4.69) is 4.74 Å². The van der Waals surface area contributed by atoms with Crippen LogP contribution in [0.1, 0.15) is 18.6 Å².